The van der Waals surface area contributed by atoms with E-state index in [2.05, 4.69) is 61.7 Å². The predicted octanol–water partition coefficient (Wildman–Crippen LogP) is 3.54. The van der Waals surface area contributed by atoms with Crippen LogP contribution in [-0.4, -0.2) is 63.5 Å². The maximum atomic E-state index is 6.34. The monoisotopic (exact) mass is 426 g/mol. The molecule has 30 heavy (non-hydrogen) atoms. The third kappa shape index (κ3) is 3.89. The average Bonchev–Trinajstić information content (AvgIpc) is 3.19. The summed E-state index contributed by atoms with van der Waals surface area (Å²) in [7, 11) is 0. The smallest absolute Gasteiger partial charge is 0.226 e. The van der Waals surface area contributed by atoms with Gasteiger partial charge in [-0.05, 0) is 36.9 Å². The first-order valence-electron chi connectivity index (χ1n) is 10.7. The molecule has 4 heterocycles. The Bertz CT molecular complexity index is 1000. The number of hydrogen-bond acceptors (Lipinski definition) is 6. The molecule has 0 radical (unpaired) electrons. The molecule has 2 aromatic heterocycles. The average molecular weight is 427 g/mol. The van der Waals surface area contributed by atoms with E-state index in [0.717, 1.165) is 55.9 Å². The van der Waals surface area contributed by atoms with Crippen molar-refractivity contribution in [1.29, 1.82) is 0 Å². The summed E-state index contributed by atoms with van der Waals surface area (Å²) in [5.74, 6) is 0.869. The van der Waals surface area contributed by atoms with E-state index in [1.807, 2.05) is 6.20 Å². The van der Waals surface area contributed by atoms with E-state index < -0.39 is 0 Å². The van der Waals surface area contributed by atoms with Gasteiger partial charge in [-0.2, -0.15) is 15.1 Å². The maximum absolute atomic E-state index is 6.34. The summed E-state index contributed by atoms with van der Waals surface area (Å²) in [6, 6.07) is 11.2. The van der Waals surface area contributed by atoms with Gasteiger partial charge < -0.3 is 9.64 Å². The number of fused-ring (bicyclic) bond motifs is 1. The molecule has 0 N–H and O–H groups in total. The van der Waals surface area contributed by atoms with Gasteiger partial charge in [0.2, 0.25) is 5.28 Å². The summed E-state index contributed by atoms with van der Waals surface area (Å²) in [6.45, 7) is 7.43. The van der Waals surface area contributed by atoms with E-state index in [1.165, 1.54) is 5.56 Å². The first-order chi connectivity index (χ1) is 14.7. The topological polar surface area (TPSA) is 59.3 Å². The minimum Gasteiger partial charge on any atom is -0.377 e. The van der Waals surface area contributed by atoms with E-state index in [-0.39, 0.29) is 11.3 Å². The molecule has 2 aliphatic heterocycles. The number of rotatable bonds is 4. The zero-order valence-electron chi connectivity index (χ0n) is 17.2. The minimum absolute atomic E-state index is 0.248. The van der Waals surface area contributed by atoms with Crippen LogP contribution in [0.3, 0.4) is 0 Å². The number of benzene rings is 1. The van der Waals surface area contributed by atoms with Gasteiger partial charge in [0.05, 0.1) is 36.9 Å². The number of likely N-dealkylation sites (tertiary alicyclic amines) is 1. The molecule has 0 saturated carbocycles. The van der Waals surface area contributed by atoms with Gasteiger partial charge in [0.25, 0.3) is 0 Å². The molecule has 1 atom stereocenters. The molecule has 2 fully saturated rings. The van der Waals surface area contributed by atoms with Crippen molar-refractivity contribution in [2.75, 3.05) is 37.7 Å². The fourth-order valence-electron chi connectivity index (χ4n) is 4.58. The third-order valence-electron chi connectivity index (χ3n) is 6.20. The molecule has 0 aliphatic carbocycles. The molecule has 5 rings (SSSR count). The van der Waals surface area contributed by atoms with Crippen LogP contribution in [0.15, 0.2) is 36.5 Å². The highest BCUT2D eigenvalue weighted by molar-refractivity contribution is 6.28. The van der Waals surface area contributed by atoms with Crippen molar-refractivity contribution < 1.29 is 4.74 Å². The SMILES string of the molecule is C[C@@H]1COCCN1c1nc(Cl)nc2c1cnn2C1CCN(Cc2ccccc2)CC1. The fraction of sp³-hybridized carbons (Fsp3) is 0.500. The number of anilines is 1. The Morgan fingerprint density at radius 2 is 1.90 bits per heavy atom. The summed E-state index contributed by atoms with van der Waals surface area (Å²) in [6.07, 6.45) is 4.00. The quantitative estimate of drug-likeness (QED) is 0.595. The number of ether oxygens (including phenoxy) is 1. The van der Waals surface area contributed by atoms with E-state index in [0.29, 0.717) is 19.3 Å². The number of piperidine rings is 1. The molecule has 0 bridgehead atoms. The van der Waals surface area contributed by atoms with E-state index >= 15 is 0 Å². The van der Waals surface area contributed by atoms with Crippen LogP contribution in [0, 0.1) is 0 Å². The molecule has 2 aliphatic rings. The lowest BCUT2D eigenvalue weighted by Gasteiger charge is -2.34. The predicted molar refractivity (Wildman–Crippen MR) is 118 cm³/mol. The molecule has 7 nitrogen and oxygen atoms in total. The highest BCUT2D eigenvalue weighted by atomic mass is 35.5. The van der Waals surface area contributed by atoms with Crippen LogP contribution in [0.2, 0.25) is 5.28 Å². The van der Waals surface area contributed by atoms with Gasteiger partial charge in [-0.1, -0.05) is 30.3 Å². The van der Waals surface area contributed by atoms with Crippen molar-refractivity contribution >= 4 is 28.5 Å². The molecule has 158 valence electrons. The van der Waals surface area contributed by atoms with Gasteiger partial charge in [-0.3, -0.25) is 4.90 Å². The van der Waals surface area contributed by atoms with Gasteiger partial charge in [0, 0.05) is 26.2 Å². The van der Waals surface area contributed by atoms with E-state index in [4.69, 9.17) is 21.4 Å². The molecule has 0 unspecified atom stereocenters. The van der Waals surface area contributed by atoms with Gasteiger partial charge in [-0.15, -0.1) is 0 Å². The molecule has 0 amide bonds. The standard InChI is InChI=1S/C22H27ClN6O/c1-16-15-30-12-11-28(16)20-19-13-24-29(21(19)26-22(23)25-20)18-7-9-27(10-8-18)14-17-5-3-2-4-6-17/h2-6,13,16,18H,7-12,14-15H2,1H3/t16-/m1/s1. The molecule has 1 aromatic carbocycles. The zero-order chi connectivity index (χ0) is 20.5. The van der Waals surface area contributed by atoms with Gasteiger partial charge >= 0.3 is 0 Å². The molecule has 3 aromatic rings. The maximum Gasteiger partial charge on any atom is 0.226 e. The molecule has 2 saturated heterocycles. The van der Waals surface area contributed by atoms with Crippen molar-refractivity contribution in [3.63, 3.8) is 0 Å². The second kappa shape index (κ2) is 8.49. The van der Waals surface area contributed by atoms with Crippen molar-refractivity contribution in [2.45, 2.75) is 38.4 Å². The van der Waals surface area contributed by atoms with Crippen molar-refractivity contribution in [2.24, 2.45) is 0 Å². The number of aromatic nitrogens is 4. The number of halogens is 1. The van der Waals surface area contributed by atoms with Crippen LogP contribution in [-0.2, 0) is 11.3 Å². The first kappa shape index (κ1) is 19.7. The largest absolute Gasteiger partial charge is 0.377 e. The molecular weight excluding hydrogens is 400 g/mol. The Kier molecular flexibility index (Phi) is 5.58. The lowest BCUT2D eigenvalue weighted by molar-refractivity contribution is 0.0987. The van der Waals surface area contributed by atoms with Crippen molar-refractivity contribution in [3.05, 3.63) is 47.4 Å². The fourth-order valence-corrected chi connectivity index (χ4v) is 4.74. The number of morpholine rings is 1. The van der Waals surface area contributed by atoms with Crippen LogP contribution in [0.1, 0.15) is 31.4 Å². The second-order valence-electron chi connectivity index (χ2n) is 8.25. The first-order valence-corrected chi connectivity index (χ1v) is 11.1. The lowest BCUT2D eigenvalue weighted by atomic mass is 10.0. The third-order valence-corrected chi connectivity index (χ3v) is 6.37. The van der Waals surface area contributed by atoms with Crippen molar-refractivity contribution in [3.8, 4) is 0 Å². The van der Waals surface area contributed by atoms with Gasteiger partial charge in [-0.25, -0.2) is 4.68 Å². The van der Waals surface area contributed by atoms with E-state index in [9.17, 15) is 0 Å². The Morgan fingerprint density at radius 1 is 1.10 bits per heavy atom. The summed E-state index contributed by atoms with van der Waals surface area (Å²) in [4.78, 5) is 13.9. The summed E-state index contributed by atoms with van der Waals surface area (Å²) >= 11 is 6.34. The van der Waals surface area contributed by atoms with Crippen LogP contribution < -0.4 is 4.90 Å². The Labute approximate surface area is 181 Å². The second-order valence-corrected chi connectivity index (χ2v) is 8.59. The summed E-state index contributed by atoms with van der Waals surface area (Å²) in [5, 5.41) is 5.98. The Balaban J connectivity index is 1.35. The van der Waals surface area contributed by atoms with Crippen LogP contribution >= 0.6 is 11.6 Å². The zero-order valence-corrected chi connectivity index (χ0v) is 18.0. The van der Waals surface area contributed by atoms with Crippen molar-refractivity contribution in [1.82, 2.24) is 24.6 Å². The number of nitrogens with zero attached hydrogens (tertiary/aromatic N) is 6. The summed E-state index contributed by atoms with van der Waals surface area (Å²) < 4.78 is 7.65. The highest BCUT2D eigenvalue weighted by Crippen LogP contribution is 2.32. The van der Waals surface area contributed by atoms with Gasteiger partial charge in [0.1, 0.15) is 5.82 Å². The lowest BCUT2D eigenvalue weighted by Crippen LogP contribution is -2.44. The Hall–Kier alpha value is -2.22. The highest BCUT2D eigenvalue weighted by Gasteiger charge is 2.27. The van der Waals surface area contributed by atoms with Crippen LogP contribution in [0.4, 0.5) is 5.82 Å². The minimum atomic E-state index is 0.248. The van der Waals surface area contributed by atoms with Gasteiger partial charge in [0.15, 0.2) is 5.65 Å². The summed E-state index contributed by atoms with van der Waals surface area (Å²) in [5.41, 5.74) is 2.20. The number of hydrogen-bond donors (Lipinski definition) is 0. The van der Waals surface area contributed by atoms with Crippen LogP contribution in [0.25, 0.3) is 11.0 Å². The Morgan fingerprint density at radius 3 is 2.67 bits per heavy atom. The molecule has 0 spiro atoms. The normalized spacial score (nSPS) is 21.4. The molecule has 8 heteroatoms. The van der Waals surface area contributed by atoms with E-state index in [1.54, 1.807) is 0 Å². The van der Waals surface area contributed by atoms with Crippen LogP contribution in [0.5, 0.6) is 0 Å². The molecular formula is C22H27ClN6O.